The van der Waals surface area contributed by atoms with Gasteiger partial charge in [0.15, 0.2) is 0 Å². The van der Waals surface area contributed by atoms with Gasteiger partial charge in [0.2, 0.25) is 0 Å². The SMILES string of the molecule is CC(C(=O)O)c1ccc2cc(S(C)=O)ccc2c1. The lowest BCUT2D eigenvalue weighted by atomic mass is 9.98. The van der Waals surface area contributed by atoms with Crippen molar-refractivity contribution in [1.29, 1.82) is 0 Å². The molecule has 0 fully saturated rings. The Labute approximate surface area is 108 Å². The molecule has 4 heteroatoms. The van der Waals surface area contributed by atoms with E-state index in [2.05, 4.69) is 0 Å². The van der Waals surface area contributed by atoms with E-state index in [9.17, 15) is 9.00 Å². The van der Waals surface area contributed by atoms with E-state index >= 15 is 0 Å². The van der Waals surface area contributed by atoms with Gasteiger partial charge >= 0.3 is 5.97 Å². The quantitative estimate of drug-likeness (QED) is 0.925. The van der Waals surface area contributed by atoms with Crippen molar-refractivity contribution in [3.8, 4) is 0 Å². The van der Waals surface area contributed by atoms with Crippen molar-refractivity contribution in [2.75, 3.05) is 6.26 Å². The van der Waals surface area contributed by atoms with Gasteiger partial charge in [0.05, 0.1) is 5.92 Å². The molecule has 1 N–H and O–H groups in total. The van der Waals surface area contributed by atoms with Crippen LogP contribution < -0.4 is 0 Å². The number of aliphatic carboxylic acids is 1. The van der Waals surface area contributed by atoms with Crippen LogP contribution in [0.4, 0.5) is 0 Å². The van der Waals surface area contributed by atoms with Gasteiger partial charge in [-0.25, -0.2) is 0 Å². The Morgan fingerprint density at radius 2 is 1.78 bits per heavy atom. The standard InChI is InChI=1S/C14H14O3S/c1-9(14(15)16)10-3-4-12-8-13(18(2)17)6-5-11(12)7-10/h3-9H,1-2H3,(H,15,16). The van der Waals surface area contributed by atoms with Crippen molar-refractivity contribution in [2.45, 2.75) is 17.7 Å². The second kappa shape index (κ2) is 4.90. The molecular formula is C14H14O3S. The van der Waals surface area contributed by atoms with Crippen LogP contribution in [-0.2, 0) is 15.6 Å². The molecule has 0 amide bonds. The Bertz CT molecular complexity index is 634. The van der Waals surface area contributed by atoms with E-state index in [1.807, 2.05) is 36.4 Å². The predicted molar refractivity (Wildman–Crippen MR) is 72.3 cm³/mol. The van der Waals surface area contributed by atoms with Crippen molar-refractivity contribution in [2.24, 2.45) is 0 Å². The van der Waals surface area contributed by atoms with E-state index in [-0.39, 0.29) is 0 Å². The molecule has 94 valence electrons. The van der Waals surface area contributed by atoms with Crippen molar-refractivity contribution in [3.63, 3.8) is 0 Å². The lowest BCUT2D eigenvalue weighted by molar-refractivity contribution is -0.138. The molecule has 3 nitrogen and oxygen atoms in total. The molecule has 0 aromatic heterocycles. The average Bonchev–Trinajstić information content (AvgIpc) is 2.36. The van der Waals surface area contributed by atoms with Crippen LogP contribution in [-0.4, -0.2) is 21.5 Å². The highest BCUT2D eigenvalue weighted by Gasteiger charge is 2.13. The normalized spacial score (nSPS) is 14.3. The number of carboxylic acid groups (broad SMARTS) is 1. The summed E-state index contributed by atoms with van der Waals surface area (Å²) in [6.07, 6.45) is 1.64. The zero-order valence-electron chi connectivity index (χ0n) is 10.2. The van der Waals surface area contributed by atoms with Gasteiger partial charge in [0.25, 0.3) is 0 Å². The maximum absolute atomic E-state index is 11.4. The van der Waals surface area contributed by atoms with Gasteiger partial charge in [0.1, 0.15) is 0 Å². The van der Waals surface area contributed by atoms with Gasteiger partial charge in [0, 0.05) is 22.0 Å². The van der Waals surface area contributed by atoms with Gasteiger partial charge in [-0.2, -0.15) is 0 Å². The monoisotopic (exact) mass is 262 g/mol. The van der Waals surface area contributed by atoms with Crippen LogP contribution in [0.5, 0.6) is 0 Å². The zero-order chi connectivity index (χ0) is 13.3. The summed E-state index contributed by atoms with van der Waals surface area (Å²) in [6.45, 7) is 1.67. The molecule has 0 spiro atoms. The molecule has 0 saturated carbocycles. The minimum absolute atomic E-state index is 0.519. The molecule has 2 rings (SSSR count). The Morgan fingerprint density at radius 3 is 2.39 bits per heavy atom. The number of hydrogen-bond acceptors (Lipinski definition) is 2. The first kappa shape index (κ1) is 12.8. The molecule has 2 aromatic rings. The van der Waals surface area contributed by atoms with Crippen LogP contribution in [0.1, 0.15) is 18.4 Å². The molecular weight excluding hydrogens is 248 g/mol. The number of carbonyl (C=O) groups is 1. The van der Waals surface area contributed by atoms with E-state index in [0.29, 0.717) is 0 Å². The van der Waals surface area contributed by atoms with Gasteiger partial charge in [-0.05, 0) is 35.4 Å². The number of benzene rings is 2. The summed E-state index contributed by atoms with van der Waals surface area (Å²) >= 11 is 0. The number of hydrogen-bond donors (Lipinski definition) is 1. The minimum atomic E-state index is -1.00. The van der Waals surface area contributed by atoms with Crippen molar-refractivity contribution in [1.82, 2.24) is 0 Å². The zero-order valence-corrected chi connectivity index (χ0v) is 11.0. The predicted octanol–water partition coefficient (Wildman–Crippen LogP) is 2.77. The highest BCUT2D eigenvalue weighted by molar-refractivity contribution is 7.84. The van der Waals surface area contributed by atoms with Crippen molar-refractivity contribution in [3.05, 3.63) is 42.0 Å². The Morgan fingerprint density at radius 1 is 1.17 bits per heavy atom. The number of carboxylic acids is 1. The van der Waals surface area contributed by atoms with E-state index < -0.39 is 22.7 Å². The maximum atomic E-state index is 11.4. The summed E-state index contributed by atoms with van der Waals surface area (Å²) in [5.41, 5.74) is 0.778. The third kappa shape index (κ3) is 2.43. The molecule has 2 unspecified atom stereocenters. The second-order valence-corrected chi connectivity index (χ2v) is 5.66. The fourth-order valence-corrected chi connectivity index (χ4v) is 2.39. The van der Waals surface area contributed by atoms with Gasteiger partial charge in [-0.15, -0.1) is 0 Å². The summed E-state index contributed by atoms with van der Waals surface area (Å²) in [7, 11) is -1.00. The van der Waals surface area contributed by atoms with E-state index in [1.165, 1.54) is 0 Å². The molecule has 0 aliphatic rings. The third-order valence-corrected chi connectivity index (χ3v) is 3.96. The molecule has 2 aromatic carbocycles. The molecule has 2 atom stereocenters. The van der Waals surface area contributed by atoms with Crippen LogP contribution in [0, 0.1) is 0 Å². The van der Waals surface area contributed by atoms with E-state index in [1.54, 1.807) is 13.2 Å². The van der Waals surface area contributed by atoms with Crippen molar-refractivity contribution < 1.29 is 14.1 Å². The first-order chi connectivity index (χ1) is 8.49. The maximum Gasteiger partial charge on any atom is 0.310 e. The van der Waals surface area contributed by atoms with Crippen molar-refractivity contribution >= 4 is 27.5 Å². The third-order valence-electron chi connectivity index (χ3n) is 3.04. The summed E-state index contributed by atoms with van der Waals surface area (Å²) in [4.78, 5) is 11.7. The second-order valence-electron chi connectivity index (χ2n) is 4.28. The number of fused-ring (bicyclic) bond motifs is 1. The fraction of sp³-hybridized carbons (Fsp3) is 0.214. The average molecular weight is 262 g/mol. The van der Waals surface area contributed by atoms with Crippen LogP contribution in [0.2, 0.25) is 0 Å². The summed E-state index contributed by atoms with van der Waals surface area (Å²) < 4.78 is 11.4. The van der Waals surface area contributed by atoms with Gasteiger partial charge < -0.3 is 5.11 Å². The largest absolute Gasteiger partial charge is 0.481 e. The molecule has 0 aliphatic heterocycles. The highest BCUT2D eigenvalue weighted by Crippen LogP contribution is 2.23. The minimum Gasteiger partial charge on any atom is -0.481 e. The van der Waals surface area contributed by atoms with E-state index in [0.717, 1.165) is 21.2 Å². The van der Waals surface area contributed by atoms with Crippen LogP contribution in [0.15, 0.2) is 41.3 Å². The van der Waals surface area contributed by atoms with Gasteiger partial charge in [-0.3, -0.25) is 9.00 Å². The summed E-state index contributed by atoms with van der Waals surface area (Å²) in [5.74, 6) is -1.35. The fourth-order valence-electron chi connectivity index (χ4n) is 1.83. The Hall–Kier alpha value is -1.68. The lowest BCUT2D eigenvalue weighted by Crippen LogP contribution is -2.07. The molecule has 0 heterocycles. The van der Waals surface area contributed by atoms with Gasteiger partial charge in [-0.1, -0.05) is 24.3 Å². The van der Waals surface area contributed by atoms with Crippen LogP contribution >= 0.6 is 0 Å². The van der Waals surface area contributed by atoms with Crippen LogP contribution in [0.25, 0.3) is 10.8 Å². The molecule has 18 heavy (non-hydrogen) atoms. The topological polar surface area (TPSA) is 54.4 Å². The van der Waals surface area contributed by atoms with E-state index in [4.69, 9.17) is 5.11 Å². The van der Waals surface area contributed by atoms with Crippen LogP contribution in [0.3, 0.4) is 0 Å². The smallest absolute Gasteiger partial charge is 0.310 e. The number of rotatable bonds is 3. The lowest BCUT2D eigenvalue weighted by Gasteiger charge is -2.08. The molecule has 0 saturated heterocycles. The molecule has 0 bridgehead atoms. The summed E-state index contributed by atoms with van der Waals surface area (Å²) in [6, 6.07) is 11.1. The molecule has 0 aliphatic carbocycles. The summed E-state index contributed by atoms with van der Waals surface area (Å²) in [5, 5.41) is 10.9. The highest BCUT2D eigenvalue weighted by atomic mass is 32.2. The Balaban J connectivity index is 2.50. The Kier molecular flexibility index (Phi) is 3.48. The first-order valence-electron chi connectivity index (χ1n) is 5.59. The molecule has 0 radical (unpaired) electrons. The first-order valence-corrected chi connectivity index (χ1v) is 7.15.